The monoisotopic (exact) mass is 438 g/mol. The van der Waals surface area contributed by atoms with E-state index in [-0.39, 0.29) is 1.43 Å². The number of aryl methyl sites for hydroxylation is 1. The first-order chi connectivity index (χ1) is 15.6. The van der Waals surface area contributed by atoms with Crippen molar-refractivity contribution in [2.45, 2.75) is 51.5 Å². The van der Waals surface area contributed by atoms with Crippen LogP contribution in [0.4, 0.5) is 17.5 Å². The number of fused-ring (bicyclic) bond motifs is 3. The Kier molecular flexibility index (Phi) is 5.68. The van der Waals surface area contributed by atoms with Gasteiger partial charge in [0, 0.05) is 33.0 Å². The minimum atomic E-state index is 0. The molecule has 0 spiro atoms. The molecule has 1 saturated heterocycles. The van der Waals surface area contributed by atoms with Crippen molar-refractivity contribution in [2.24, 2.45) is 7.05 Å². The van der Waals surface area contributed by atoms with Crippen molar-refractivity contribution in [2.75, 3.05) is 30.5 Å². The van der Waals surface area contributed by atoms with Gasteiger partial charge in [-0.1, -0.05) is 25.7 Å². The molecule has 32 heavy (non-hydrogen) atoms. The van der Waals surface area contributed by atoms with Gasteiger partial charge in [-0.2, -0.15) is 4.98 Å². The van der Waals surface area contributed by atoms with E-state index >= 15 is 0 Å². The second-order valence-corrected chi connectivity index (χ2v) is 8.75. The van der Waals surface area contributed by atoms with E-state index in [9.17, 15) is 0 Å². The Morgan fingerprint density at radius 2 is 2.00 bits per heavy atom. The van der Waals surface area contributed by atoms with E-state index in [1.807, 2.05) is 25.2 Å². The number of hydrogen-bond acceptors (Lipinski definition) is 6. The highest BCUT2D eigenvalue weighted by atomic mass is 16.5. The van der Waals surface area contributed by atoms with Gasteiger partial charge in [-0.3, -0.25) is 9.36 Å². The quantitative estimate of drug-likeness (QED) is 0.629. The zero-order valence-corrected chi connectivity index (χ0v) is 19.2. The van der Waals surface area contributed by atoms with Crippen molar-refractivity contribution in [3.63, 3.8) is 0 Å². The van der Waals surface area contributed by atoms with E-state index in [4.69, 9.17) is 14.5 Å². The molecule has 2 aromatic heterocycles. The zero-order valence-electron chi connectivity index (χ0n) is 19.2. The van der Waals surface area contributed by atoms with Crippen LogP contribution in [0.15, 0.2) is 30.6 Å². The van der Waals surface area contributed by atoms with Gasteiger partial charge in [0.05, 0.1) is 25.0 Å². The predicted molar refractivity (Wildman–Crippen MR) is 128 cm³/mol. The summed E-state index contributed by atoms with van der Waals surface area (Å²) in [5.41, 5.74) is 3.06. The number of nitrogens with one attached hydrogen (secondary N) is 1. The average molecular weight is 439 g/mol. The van der Waals surface area contributed by atoms with E-state index in [2.05, 4.69) is 37.7 Å². The molecule has 2 aliphatic heterocycles. The Morgan fingerprint density at radius 3 is 2.69 bits per heavy atom. The fourth-order valence-electron chi connectivity index (χ4n) is 4.22. The van der Waals surface area contributed by atoms with Crippen LogP contribution in [-0.2, 0) is 7.05 Å². The molecule has 1 saturated carbocycles. The van der Waals surface area contributed by atoms with Crippen LogP contribution in [0.3, 0.4) is 0 Å². The number of rotatable bonds is 4. The Bertz CT molecular complexity index is 1090. The van der Waals surface area contributed by atoms with Crippen LogP contribution in [0.5, 0.6) is 11.5 Å². The summed E-state index contributed by atoms with van der Waals surface area (Å²) in [5.74, 6) is 2.99. The van der Waals surface area contributed by atoms with Crippen LogP contribution in [0, 0.1) is 6.92 Å². The van der Waals surface area contributed by atoms with Crippen molar-refractivity contribution in [1.82, 2.24) is 19.3 Å². The number of aromatic nitrogens is 4. The number of benzene rings is 1. The number of methoxy groups -OCH3 is 1. The molecule has 0 radical (unpaired) electrons. The maximum absolute atomic E-state index is 5.83. The van der Waals surface area contributed by atoms with Crippen LogP contribution in [0.25, 0.3) is 5.69 Å². The van der Waals surface area contributed by atoms with E-state index in [0.717, 1.165) is 48.3 Å². The van der Waals surface area contributed by atoms with Crippen LogP contribution < -0.4 is 19.7 Å². The minimum Gasteiger partial charge on any atom is -0.494 e. The van der Waals surface area contributed by atoms with Crippen LogP contribution >= 0.6 is 0 Å². The smallest absolute Gasteiger partial charge is 0.229 e. The van der Waals surface area contributed by atoms with Crippen molar-refractivity contribution in [3.8, 4) is 17.2 Å². The van der Waals surface area contributed by atoms with Gasteiger partial charge in [0.1, 0.15) is 18.0 Å². The lowest BCUT2D eigenvalue weighted by molar-refractivity contribution is 0.268. The van der Waals surface area contributed by atoms with Crippen LogP contribution in [0.1, 0.15) is 45.6 Å². The summed E-state index contributed by atoms with van der Waals surface area (Å²) in [7, 11) is 3.70. The molecule has 8 nitrogen and oxygen atoms in total. The van der Waals surface area contributed by atoms with E-state index < -0.39 is 0 Å². The third-order valence-electron chi connectivity index (χ3n) is 6.64. The molecular formula is C24H34N6O2. The SMILES string of the molecule is C1CCC1.COc1cc(Nc2ncc3c(n2)N2CCCC2CO3)ccc1-n1cc(C)n1C.[HH]. The normalized spacial score (nSPS) is 18.6. The standard InChI is InChI=1S/C20H24N6O2.C4H8.H2/c1-13-11-26(24(13)2)16-7-6-14(9-17(16)27-3)22-20-21-10-18-19(23-20)25-8-4-5-15(25)12-28-18;1-2-4-3-1;/h6-7,9-11,15H,4-5,8,12H2,1-3H3,(H,21,22,23);1-4H2;1H. The Hall–Kier alpha value is -3.16. The molecule has 1 atom stereocenters. The molecule has 3 aromatic rings. The summed E-state index contributed by atoms with van der Waals surface area (Å²) in [5, 5.41) is 3.30. The highest BCUT2D eigenvalue weighted by molar-refractivity contribution is 5.64. The summed E-state index contributed by atoms with van der Waals surface area (Å²) >= 11 is 0. The first-order valence-electron chi connectivity index (χ1n) is 11.6. The summed E-state index contributed by atoms with van der Waals surface area (Å²) in [6.45, 7) is 3.82. The van der Waals surface area contributed by atoms with Crippen LogP contribution in [0.2, 0.25) is 0 Å². The molecule has 1 N–H and O–H groups in total. The maximum atomic E-state index is 5.83. The first-order valence-corrected chi connectivity index (χ1v) is 11.6. The van der Waals surface area contributed by atoms with Gasteiger partial charge in [-0.15, -0.1) is 0 Å². The van der Waals surface area contributed by atoms with Gasteiger partial charge in [0.25, 0.3) is 0 Å². The lowest BCUT2D eigenvalue weighted by Crippen LogP contribution is -2.38. The summed E-state index contributed by atoms with van der Waals surface area (Å²) in [6.07, 6.45) is 12.2. The summed E-state index contributed by atoms with van der Waals surface area (Å²) < 4.78 is 15.6. The van der Waals surface area contributed by atoms with Gasteiger partial charge >= 0.3 is 0 Å². The van der Waals surface area contributed by atoms with Crippen molar-refractivity contribution >= 4 is 17.5 Å². The van der Waals surface area contributed by atoms with E-state index in [1.54, 1.807) is 13.3 Å². The largest absolute Gasteiger partial charge is 0.494 e. The van der Waals surface area contributed by atoms with Crippen molar-refractivity contribution < 1.29 is 10.9 Å². The van der Waals surface area contributed by atoms with Gasteiger partial charge in [0.2, 0.25) is 5.95 Å². The summed E-state index contributed by atoms with van der Waals surface area (Å²) in [6, 6.07) is 6.42. The lowest BCUT2D eigenvalue weighted by atomic mass is 10.0. The number of anilines is 3. The average Bonchev–Trinajstić information content (AvgIpc) is 3.26. The van der Waals surface area contributed by atoms with E-state index in [1.165, 1.54) is 37.8 Å². The maximum Gasteiger partial charge on any atom is 0.229 e. The topological polar surface area (TPSA) is 69.4 Å². The highest BCUT2D eigenvalue weighted by Gasteiger charge is 2.33. The van der Waals surface area contributed by atoms with Gasteiger partial charge in [-0.05, 0) is 31.9 Å². The van der Waals surface area contributed by atoms with Crippen molar-refractivity contribution in [3.05, 3.63) is 36.3 Å². The second-order valence-electron chi connectivity index (χ2n) is 8.75. The zero-order chi connectivity index (χ0) is 22.1. The molecule has 6 rings (SSSR count). The number of hydrogen-bond donors (Lipinski definition) is 1. The molecular weight excluding hydrogens is 404 g/mol. The Morgan fingerprint density at radius 1 is 1.19 bits per heavy atom. The third kappa shape index (κ3) is 3.89. The minimum absolute atomic E-state index is 0. The molecule has 1 aromatic carbocycles. The molecule has 0 bridgehead atoms. The number of nitrogens with zero attached hydrogens (tertiary/aromatic N) is 5. The number of ether oxygens (including phenoxy) is 2. The Balaban J connectivity index is 0.000000471. The Labute approximate surface area is 190 Å². The molecule has 8 heteroatoms. The van der Waals surface area contributed by atoms with Crippen molar-refractivity contribution in [1.29, 1.82) is 0 Å². The van der Waals surface area contributed by atoms with Gasteiger partial charge in [0.15, 0.2) is 11.6 Å². The fourth-order valence-corrected chi connectivity index (χ4v) is 4.22. The molecule has 4 heterocycles. The van der Waals surface area contributed by atoms with Gasteiger partial charge in [-0.25, -0.2) is 4.98 Å². The molecule has 172 valence electrons. The fraction of sp³-hybridized carbons (Fsp3) is 0.500. The molecule has 1 unspecified atom stereocenters. The summed E-state index contributed by atoms with van der Waals surface area (Å²) in [4.78, 5) is 11.5. The molecule has 2 fully saturated rings. The first kappa shape index (κ1) is 20.7. The molecule has 1 aliphatic carbocycles. The van der Waals surface area contributed by atoms with E-state index in [0.29, 0.717) is 12.0 Å². The van der Waals surface area contributed by atoms with Crippen LogP contribution in [-0.4, -0.2) is 45.6 Å². The third-order valence-corrected chi connectivity index (χ3v) is 6.64. The molecule has 3 aliphatic rings. The predicted octanol–water partition coefficient (Wildman–Crippen LogP) is 4.83. The lowest BCUT2D eigenvalue weighted by Gasteiger charge is -2.32. The molecule has 0 amide bonds. The second kappa shape index (κ2) is 8.76. The highest BCUT2D eigenvalue weighted by Crippen LogP contribution is 2.37. The van der Waals surface area contributed by atoms with Gasteiger partial charge < -0.3 is 19.7 Å².